The highest BCUT2D eigenvalue weighted by atomic mass is 16.1. The summed E-state index contributed by atoms with van der Waals surface area (Å²) in [6.45, 7) is 4.00. The highest BCUT2D eigenvalue weighted by Crippen LogP contribution is 2.24. The van der Waals surface area contributed by atoms with Crippen molar-refractivity contribution in [2.75, 3.05) is 47.6 Å². The Balaban J connectivity index is 1.41. The Kier molecular flexibility index (Phi) is 6.02. The number of anilines is 5. The number of aryl methyl sites for hydroxylation is 1. The number of hydrogen-bond acceptors (Lipinski definition) is 6. The molecule has 2 aromatic carbocycles. The topological polar surface area (TPSA) is 73.4 Å². The number of nitrogens with one attached hydrogen (secondary N) is 2. The number of nitrogens with zero attached hydrogens (tertiary/aromatic N) is 4. The molecule has 1 aliphatic heterocycles. The molecule has 0 bridgehead atoms. The summed E-state index contributed by atoms with van der Waals surface area (Å²) in [6, 6.07) is 17.1. The maximum atomic E-state index is 12.5. The van der Waals surface area contributed by atoms with Crippen molar-refractivity contribution in [1.82, 2.24) is 9.97 Å². The molecule has 1 aliphatic rings. The molecule has 160 valence electrons. The van der Waals surface area contributed by atoms with E-state index in [1.54, 1.807) is 0 Å². The van der Waals surface area contributed by atoms with Gasteiger partial charge in [0.05, 0.1) is 0 Å². The molecular formula is C24H28N6O. The molecule has 7 heteroatoms. The van der Waals surface area contributed by atoms with E-state index in [0.717, 1.165) is 47.6 Å². The van der Waals surface area contributed by atoms with Crippen LogP contribution >= 0.6 is 0 Å². The molecule has 1 amide bonds. The van der Waals surface area contributed by atoms with Crippen LogP contribution in [0.2, 0.25) is 0 Å². The third kappa shape index (κ3) is 5.12. The van der Waals surface area contributed by atoms with Gasteiger partial charge in [0.2, 0.25) is 0 Å². The fraction of sp³-hybridized carbons (Fsp3) is 0.292. The van der Waals surface area contributed by atoms with Crippen LogP contribution in [0.1, 0.15) is 29.0 Å². The molecule has 0 atom stereocenters. The van der Waals surface area contributed by atoms with E-state index < -0.39 is 0 Å². The van der Waals surface area contributed by atoms with Crippen LogP contribution in [-0.2, 0) is 0 Å². The molecule has 0 aliphatic carbocycles. The van der Waals surface area contributed by atoms with Gasteiger partial charge in [0, 0.05) is 55.9 Å². The van der Waals surface area contributed by atoms with Gasteiger partial charge in [-0.05, 0) is 68.3 Å². The molecule has 1 saturated heterocycles. The van der Waals surface area contributed by atoms with Crippen LogP contribution in [0.25, 0.3) is 0 Å². The Morgan fingerprint density at radius 2 is 1.58 bits per heavy atom. The van der Waals surface area contributed by atoms with Crippen LogP contribution in [0, 0.1) is 6.92 Å². The van der Waals surface area contributed by atoms with Gasteiger partial charge >= 0.3 is 0 Å². The van der Waals surface area contributed by atoms with Gasteiger partial charge in [0.25, 0.3) is 5.91 Å². The molecule has 1 aromatic heterocycles. The highest BCUT2D eigenvalue weighted by Gasteiger charge is 2.15. The Morgan fingerprint density at radius 1 is 0.935 bits per heavy atom. The second kappa shape index (κ2) is 9.04. The second-order valence-corrected chi connectivity index (χ2v) is 7.95. The third-order valence-electron chi connectivity index (χ3n) is 5.32. The first-order valence-electron chi connectivity index (χ1n) is 10.5. The van der Waals surface area contributed by atoms with Crippen molar-refractivity contribution in [3.8, 4) is 0 Å². The van der Waals surface area contributed by atoms with Crippen LogP contribution < -0.4 is 20.4 Å². The van der Waals surface area contributed by atoms with Crippen molar-refractivity contribution in [1.29, 1.82) is 0 Å². The fourth-order valence-corrected chi connectivity index (χ4v) is 3.62. The van der Waals surface area contributed by atoms with Crippen LogP contribution in [0.4, 0.5) is 28.7 Å². The van der Waals surface area contributed by atoms with Crippen molar-refractivity contribution >= 4 is 34.6 Å². The summed E-state index contributed by atoms with van der Waals surface area (Å²) >= 11 is 0. The lowest BCUT2D eigenvalue weighted by molar-refractivity contribution is 0.102. The first-order chi connectivity index (χ1) is 15.0. The van der Waals surface area contributed by atoms with Crippen molar-refractivity contribution < 1.29 is 4.79 Å². The maximum absolute atomic E-state index is 12.5. The summed E-state index contributed by atoms with van der Waals surface area (Å²) in [4.78, 5) is 25.9. The quantitative estimate of drug-likeness (QED) is 0.619. The zero-order chi connectivity index (χ0) is 21.8. The normalized spacial score (nSPS) is 13.2. The number of aromatic nitrogens is 2. The third-order valence-corrected chi connectivity index (χ3v) is 5.32. The SMILES string of the molecule is Cc1nc(Nc2ccc(NC(=O)c3ccc(N(C)C)cc3)cc2)cc(N2CCCC2)n1. The largest absolute Gasteiger partial charge is 0.378 e. The minimum atomic E-state index is -0.132. The summed E-state index contributed by atoms with van der Waals surface area (Å²) in [6.07, 6.45) is 2.41. The van der Waals surface area contributed by atoms with Crippen LogP contribution in [-0.4, -0.2) is 43.1 Å². The van der Waals surface area contributed by atoms with Gasteiger partial charge in [0.1, 0.15) is 17.5 Å². The minimum Gasteiger partial charge on any atom is -0.378 e. The molecule has 0 saturated carbocycles. The minimum absolute atomic E-state index is 0.132. The first kappa shape index (κ1) is 20.7. The number of carbonyl (C=O) groups is 1. The molecule has 2 heterocycles. The van der Waals surface area contributed by atoms with E-state index in [1.165, 1.54) is 12.8 Å². The van der Waals surface area contributed by atoms with Crippen LogP contribution in [0.5, 0.6) is 0 Å². The number of hydrogen-bond donors (Lipinski definition) is 2. The summed E-state index contributed by atoms with van der Waals surface area (Å²) < 4.78 is 0. The Hall–Kier alpha value is -3.61. The lowest BCUT2D eigenvalue weighted by atomic mass is 10.2. The van der Waals surface area contributed by atoms with Gasteiger partial charge in [-0.15, -0.1) is 0 Å². The van der Waals surface area contributed by atoms with E-state index in [0.29, 0.717) is 5.56 Å². The van der Waals surface area contributed by atoms with E-state index >= 15 is 0 Å². The smallest absolute Gasteiger partial charge is 0.255 e. The molecule has 0 radical (unpaired) electrons. The molecule has 4 rings (SSSR count). The highest BCUT2D eigenvalue weighted by molar-refractivity contribution is 6.04. The van der Waals surface area contributed by atoms with Gasteiger partial charge in [-0.1, -0.05) is 0 Å². The predicted molar refractivity (Wildman–Crippen MR) is 127 cm³/mol. The molecule has 2 N–H and O–H groups in total. The average molecular weight is 417 g/mol. The van der Waals surface area contributed by atoms with E-state index in [9.17, 15) is 4.79 Å². The summed E-state index contributed by atoms with van der Waals surface area (Å²) in [5, 5.41) is 6.28. The van der Waals surface area contributed by atoms with Crippen LogP contribution in [0.15, 0.2) is 54.6 Å². The van der Waals surface area contributed by atoms with Gasteiger partial charge in [-0.3, -0.25) is 4.79 Å². The zero-order valence-electron chi connectivity index (χ0n) is 18.2. The molecule has 7 nitrogen and oxygen atoms in total. The fourth-order valence-electron chi connectivity index (χ4n) is 3.62. The molecule has 31 heavy (non-hydrogen) atoms. The predicted octanol–water partition coefficient (Wildman–Crippen LogP) is 4.45. The molecular weight excluding hydrogens is 388 g/mol. The van der Waals surface area contributed by atoms with E-state index in [4.69, 9.17) is 0 Å². The maximum Gasteiger partial charge on any atom is 0.255 e. The number of carbonyl (C=O) groups excluding carboxylic acids is 1. The number of benzene rings is 2. The van der Waals surface area contributed by atoms with Crippen molar-refractivity contribution in [3.05, 3.63) is 66.0 Å². The molecule has 0 unspecified atom stereocenters. The zero-order valence-corrected chi connectivity index (χ0v) is 18.2. The van der Waals surface area contributed by atoms with Gasteiger partial charge < -0.3 is 20.4 Å². The molecule has 0 spiro atoms. The van der Waals surface area contributed by atoms with Crippen molar-refractivity contribution in [3.63, 3.8) is 0 Å². The first-order valence-corrected chi connectivity index (χ1v) is 10.5. The lowest BCUT2D eigenvalue weighted by Gasteiger charge is -2.18. The number of amides is 1. The monoisotopic (exact) mass is 416 g/mol. The summed E-state index contributed by atoms with van der Waals surface area (Å²) in [5.74, 6) is 2.35. The Morgan fingerprint density at radius 3 is 2.23 bits per heavy atom. The lowest BCUT2D eigenvalue weighted by Crippen LogP contribution is -2.19. The Labute approximate surface area is 183 Å². The van der Waals surface area contributed by atoms with Crippen LogP contribution in [0.3, 0.4) is 0 Å². The van der Waals surface area contributed by atoms with E-state index in [-0.39, 0.29) is 5.91 Å². The van der Waals surface area contributed by atoms with E-state index in [1.807, 2.05) is 80.5 Å². The molecule has 1 fully saturated rings. The Bertz CT molecular complexity index is 1040. The van der Waals surface area contributed by atoms with Crippen molar-refractivity contribution in [2.24, 2.45) is 0 Å². The number of rotatable bonds is 6. The van der Waals surface area contributed by atoms with Gasteiger partial charge in [0.15, 0.2) is 0 Å². The van der Waals surface area contributed by atoms with Crippen molar-refractivity contribution in [2.45, 2.75) is 19.8 Å². The second-order valence-electron chi connectivity index (χ2n) is 7.95. The summed E-state index contributed by atoms with van der Waals surface area (Å²) in [5.41, 5.74) is 3.32. The standard InChI is InChI=1S/C24H28N6O/c1-17-25-22(16-23(26-17)30-14-4-5-15-30)27-19-8-10-20(11-9-19)28-24(31)18-6-12-21(13-7-18)29(2)3/h6-13,16H,4-5,14-15H2,1-3H3,(H,28,31)(H,25,26,27). The molecule has 3 aromatic rings. The van der Waals surface area contributed by atoms with Gasteiger partial charge in [-0.2, -0.15) is 0 Å². The summed E-state index contributed by atoms with van der Waals surface area (Å²) in [7, 11) is 3.95. The average Bonchev–Trinajstić information content (AvgIpc) is 3.30. The van der Waals surface area contributed by atoms with Gasteiger partial charge in [-0.25, -0.2) is 9.97 Å². The van der Waals surface area contributed by atoms with E-state index in [2.05, 4.69) is 25.5 Å².